The summed E-state index contributed by atoms with van der Waals surface area (Å²) in [6, 6.07) is 0. The number of rotatable bonds is 10. The van der Waals surface area contributed by atoms with Crippen molar-refractivity contribution in [2.75, 3.05) is 49.3 Å². The molecule has 0 aliphatic carbocycles. The van der Waals surface area contributed by atoms with E-state index in [4.69, 9.17) is 14.4 Å². The van der Waals surface area contributed by atoms with Crippen LogP contribution < -0.4 is 10.6 Å². The fraction of sp³-hybridized carbons (Fsp3) is 0.769. The normalized spacial score (nSPS) is 12.2. The predicted molar refractivity (Wildman–Crippen MR) is 89.8 cm³/mol. The molecule has 0 amide bonds. The number of aliphatic hydroxyl groups is 1. The molecule has 0 saturated carbocycles. The second-order valence-electron chi connectivity index (χ2n) is 6.03. The Morgan fingerprint density at radius 2 is 1.62 bits per heavy atom. The van der Waals surface area contributed by atoms with Gasteiger partial charge in [0.05, 0.1) is 25.6 Å². The van der Waals surface area contributed by atoms with Gasteiger partial charge >= 0.3 is 0 Å². The van der Waals surface area contributed by atoms with Gasteiger partial charge in [-0.2, -0.15) is 23.4 Å². The summed E-state index contributed by atoms with van der Waals surface area (Å²) < 4.78 is 35.4. The first-order valence-electron chi connectivity index (χ1n) is 7.50. The highest BCUT2D eigenvalue weighted by molar-refractivity contribution is 7.85. The molecule has 0 fully saturated rings. The maximum absolute atomic E-state index is 10.8. The first-order valence-corrected chi connectivity index (χ1v) is 9.11. The van der Waals surface area contributed by atoms with E-state index in [9.17, 15) is 8.42 Å². The lowest BCUT2D eigenvalue weighted by atomic mass is 9.96. The van der Waals surface area contributed by atoms with Crippen molar-refractivity contribution in [1.82, 2.24) is 15.0 Å². The molecule has 0 saturated heterocycles. The Kier molecular flexibility index (Phi) is 7.73. The molecule has 4 N–H and O–H groups in total. The van der Waals surface area contributed by atoms with Crippen molar-refractivity contribution in [2.45, 2.75) is 26.2 Å². The van der Waals surface area contributed by atoms with Gasteiger partial charge in [0.1, 0.15) is 5.82 Å². The van der Waals surface area contributed by atoms with Crippen molar-refractivity contribution in [3.63, 3.8) is 0 Å². The van der Waals surface area contributed by atoms with Gasteiger partial charge in [0, 0.05) is 18.5 Å². The second-order valence-corrected chi connectivity index (χ2v) is 7.60. The molecule has 138 valence electrons. The Morgan fingerprint density at radius 1 is 1.04 bits per heavy atom. The molecule has 0 bridgehead atoms. The summed E-state index contributed by atoms with van der Waals surface area (Å²) in [5.74, 6) is 0.640. The van der Waals surface area contributed by atoms with Gasteiger partial charge in [0.25, 0.3) is 10.1 Å². The van der Waals surface area contributed by atoms with E-state index in [1.165, 1.54) is 0 Å². The van der Waals surface area contributed by atoms with E-state index < -0.39 is 15.9 Å². The lowest BCUT2D eigenvalue weighted by molar-refractivity contribution is 0.0991. The summed E-state index contributed by atoms with van der Waals surface area (Å²) in [6.07, 6.45) is 0. The number of hydrogen-bond acceptors (Lipinski definition) is 9. The van der Waals surface area contributed by atoms with Gasteiger partial charge in [-0.3, -0.25) is 4.55 Å². The second kappa shape index (κ2) is 9.06. The predicted octanol–water partition coefficient (Wildman–Crippen LogP) is -0.110. The van der Waals surface area contributed by atoms with Gasteiger partial charge in [0.2, 0.25) is 11.9 Å². The number of ether oxygens (including phenoxy) is 1. The van der Waals surface area contributed by atoms with Crippen LogP contribution in [0.3, 0.4) is 0 Å². The minimum absolute atomic E-state index is 0.0223. The largest absolute Gasteiger partial charge is 0.394 e. The van der Waals surface area contributed by atoms with E-state index in [1.54, 1.807) is 0 Å². The Labute approximate surface area is 141 Å². The van der Waals surface area contributed by atoms with Crippen molar-refractivity contribution in [2.24, 2.45) is 0 Å². The molecule has 0 atom stereocenters. The molecule has 24 heavy (non-hydrogen) atoms. The maximum Gasteiger partial charge on any atom is 0.266 e. The van der Waals surface area contributed by atoms with Gasteiger partial charge in [-0.1, -0.05) is 20.8 Å². The molecule has 0 aliphatic rings. The van der Waals surface area contributed by atoms with Gasteiger partial charge < -0.3 is 20.5 Å². The third-order valence-corrected chi connectivity index (χ3v) is 3.43. The van der Waals surface area contributed by atoms with E-state index >= 15 is 0 Å². The maximum atomic E-state index is 10.8. The lowest BCUT2D eigenvalue weighted by Gasteiger charge is -2.18. The fourth-order valence-corrected chi connectivity index (χ4v) is 1.92. The van der Waals surface area contributed by atoms with Gasteiger partial charge in [-0.15, -0.1) is 0 Å². The highest BCUT2D eigenvalue weighted by Gasteiger charge is 2.20. The Balaban J connectivity index is 2.76. The van der Waals surface area contributed by atoms with E-state index in [0.29, 0.717) is 24.9 Å². The zero-order chi connectivity index (χ0) is 18.2. The highest BCUT2D eigenvalue weighted by atomic mass is 32.2. The SMILES string of the molecule is CC(C)(C)c1nc(NCCOCCO)nc(NCCS(=O)(=O)O)n1. The van der Waals surface area contributed by atoms with Crippen LogP contribution in [0.5, 0.6) is 0 Å². The van der Waals surface area contributed by atoms with Crippen LogP contribution in [-0.2, 0) is 20.3 Å². The van der Waals surface area contributed by atoms with Crippen LogP contribution in [0.4, 0.5) is 11.9 Å². The average molecular weight is 363 g/mol. The van der Waals surface area contributed by atoms with Crippen molar-refractivity contribution in [1.29, 1.82) is 0 Å². The van der Waals surface area contributed by atoms with Gasteiger partial charge in [-0.25, -0.2) is 0 Å². The molecule has 11 heteroatoms. The minimum atomic E-state index is -4.05. The number of aromatic nitrogens is 3. The third-order valence-electron chi connectivity index (χ3n) is 2.71. The van der Waals surface area contributed by atoms with Crippen LogP contribution in [0.2, 0.25) is 0 Å². The first kappa shape index (κ1) is 20.5. The molecule has 0 unspecified atom stereocenters. The Morgan fingerprint density at radius 3 is 2.12 bits per heavy atom. The van der Waals surface area contributed by atoms with Crippen LogP contribution in [0.1, 0.15) is 26.6 Å². The van der Waals surface area contributed by atoms with Crippen LogP contribution in [0.25, 0.3) is 0 Å². The summed E-state index contributed by atoms with van der Waals surface area (Å²) in [5.41, 5.74) is -0.327. The van der Waals surface area contributed by atoms with Crippen molar-refractivity contribution in [3.05, 3.63) is 5.82 Å². The van der Waals surface area contributed by atoms with Crippen LogP contribution in [0, 0.1) is 0 Å². The van der Waals surface area contributed by atoms with Gasteiger partial charge in [-0.05, 0) is 0 Å². The molecule has 1 rings (SSSR count). The Bertz CT molecular complexity index is 618. The minimum Gasteiger partial charge on any atom is -0.394 e. The quantitative estimate of drug-likeness (QED) is 0.328. The summed E-state index contributed by atoms with van der Waals surface area (Å²) in [6.45, 7) is 6.85. The zero-order valence-corrected chi connectivity index (χ0v) is 14.9. The number of anilines is 2. The average Bonchev–Trinajstić information content (AvgIpc) is 2.44. The van der Waals surface area contributed by atoms with E-state index in [1.807, 2.05) is 20.8 Å². The topological polar surface area (TPSA) is 147 Å². The number of hydrogen-bond donors (Lipinski definition) is 4. The fourth-order valence-electron chi connectivity index (χ4n) is 1.56. The van der Waals surface area contributed by atoms with E-state index in [2.05, 4.69) is 25.6 Å². The zero-order valence-electron chi connectivity index (χ0n) is 14.1. The number of nitrogens with zero attached hydrogens (tertiary/aromatic N) is 3. The van der Waals surface area contributed by atoms with E-state index in [0.717, 1.165) is 0 Å². The summed E-state index contributed by atoms with van der Waals surface area (Å²) >= 11 is 0. The summed E-state index contributed by atoms with van der Waals surface area (Å²) in [7, 11) is -4.05. The summed E-state index contributed by atoms with van der Waals surface area (Å²) in [4.78, 5) is 12.8. The molecular formula is C13H25N5O5S. The van der Waals surface area contributed by atoms with Crippen molar-refractivity contribution < 1.29 is 22.8 Å². The molecular weight excluding hydrogens is 338 g/mol. The van der Waals surface area contributed by atoms with Crippen molar-refractivity contribution in [3.8, 4) is 0 Å². The molecule has 1 heterocycles. The number of aliphatic hydroxyl groups excluding tert-OH is 1. The molecule has 1 aromatic heterocycles. The standard InChI is InChI=1S/C13H25N5O5S/c1-13(2,3)10-16-11(14-4-7-23-8-6-19)18-12(17-10)15-5-9-24(20,21)22/h19H,4-9H2,1-3H3,(H,20,21,22)(H2,14,15,16,17,18). The highest BCUT2D eigenvalue weighted by Crippen LogP contribution is 2.20. The number of nitrogens with one attached hydrogen (secondary N) is 2. The smallest absolute Gasteiger partial charge is 0.266 e. The van der Waals surface area contributed by atoms with Crippen molar-refractivity contribution >= 4 is 22.0 Å². The molecule has 0 aromatic carbocycles. The third kappa shape index (κ3) is 8.34. The van der Waals surface area contributed by atoms with Crippen LogP contribution in [0.15, 0.2) is 0 Å². The van der Waals surface area contributed by atoms with E-state index in [-0.39, 0.29) is 31.1 Å². The molecule has 0 spiro atoms. The van der Waals surface area contributed by atoms with Gasteiger partial charge in [0.15, 0.2) is 0 Å². The monoisotopic (exact) mass is 363 g/mol. The first-order chi connectivity index (χ1) is 11.1. The van der Waals surface area contributed by atoms with Crippen LogP contribution in [-0.4, -0.2) is 71.7 Å². The van der Waals surface area contributed by atoms with Crippen LogP contribution >= 0.6 is 0 Å². The summed E-state index contributed by atoms with van der Waals surface area (Å²) in [5, 5.41) is 14.4. The molecule has 0 aliphatic heterocycles. The lowest BCUT2D eigenvalue weighted by Crippen LogP contribution is -2.22. The Hall–Kier alpha value is -1.56. The molecule has 10 nitrogen and oxygen atoms in total. The molecule has 0 radical (unpaired) electrons. The molecule has 1 aromatic rings.